The molecule has 0 bridgehead atoms. The molecule has 1 aromatic rings. The Morgan fingerprint density at radius 2 is 1.89 bits per heavy atom. The average molecular weight is 260 g/mol. The average Bonchev–Trinajstić information content (AvgIpc) is 2.67. The van der Waals surface area contributed by atoms with E-state index in [2.05, 4.69) is 58.1 Å². The van der Waals surface area contributed by atoms with Crippen molar-refractivity contribution in [2.75, 3.05) is 0 Å². The zero-order chi connectivity index (χ0) is 14.8. The summed E-state index contributed by atoms with van der Waals surface area (Å²) >= 11 is 0. The number of hydrogen-bond donors (Lipinski definition) is 1. The molecule has 1 heterocycles. The van der Waals surface area contributed by atoms with Gasteiger partial charge < -0.3 is 0 Å². The molecule has 0 aliphatic heterocycles. The summed E-state index contributed by atoms with van der Waals surface area (Å²) in [6, 6.07) is 0. The third kappa shape index (κ3) is 3.40. The zero-order valence-electron chi connectivity index (χ0n) is 12.8. The Balaban J connectivity index is 3.48. The van der Waals surface area contributed by atoms with Crippen LogP contribution >= 0.6 is 0 Å². The maximum atomic E-state index is 7.25. The monoisotopic (exact) mass is 260 g/mol. The van der Waals surface area contributed by atoms with Gasteiger partial charge in [0.05, 0.1) is 5.69 Å². The quantitative estimate of drug-likeness (QED) is 0.639. The normalized spacial score (nSPS) is 13.5. The molecule has 0 saturated carbocycles. The molecule has 1 N–H and O–H groups in total. The van der Waals surface area contributed by atoms with Crippen molar-refractivity contribution in [1.82, 2.24) is 9.55 Å². The van der Waals surface area contributed by atoms with Crippen LogP contribution in [0.4, 0.5) is 0 Å². The van der Waals surface area contributed by atoms with E-state index >= 15 is 0 Å². The fraction of sp³-hybridized carbons (Fsp3) is 0.533. The van der Waals surface area contributed by atoms with Crippen LogP contribution in [0.1, 0.15) is 53.1 Å². The Labute approximate surface area is 115 Å². The van der Waals surface area contributed by atoms with Crippen LogP contribution in [0.15, 0.2) is 17.8 Å². The van der Waals surface area contributed by atoms with Crippen LogP contribution in [0.5, 0.6) is 0 Å². The van der Waals surface area contributed by atoms with Gasteiger partial charge in [0.25, 0.3) is 0 Å². The van der Waals surface area contributed by atoms with E-state index in [1.165, 1.54) is 0 Å². The Morgan fingerprint density at radius 1 is 1.32 bits per heavy atom. The van der Waals surface area contributed by atoms with Gasteiger partial charge in [-0.05, 0) is 6.08 Å². The highest BCUT2D eigenvalue weighted by Crippen LogP contribution is 2.25. The minimum atomic E-state index is -0.175. The van der Waals surface area contributed by atoms with Gasteiger partial charge >= 0.3 is 0 Å². The highest BCUT2D eigenvalue weighted by molar-refractivity contribution is 5.95. The Morgan fingerprint density at radius 3 is 2.26 bits per heavy atom. The van der Waals surface area contributed by atoms with Crippen molar-refractivity contribution in [3.8, 4) is 0 Å². The van der Waals surface area contributed by atoms with Gasteiger partial charge in [-0.25, -0.2) is 9.98 Å². The smallest absolute Gasteiger partial charge is 0.137 e. The summed E-state index contributed by atoms with van der Waals surface area (Å²) in [6.45, 7) is 16.4. The highest BCUT2D eigenvalue weighted by Gasteiger charge is 2.26. The highest BCUT2D eigenvalue weighted by atomic mass is 15.1. The van der Waals surface area contributed by atoms with Crippen molar-refractivity contribution < 1.29 is 0 Å². The number of nitrogens with zero attached hydrogens (tertiary/aromatic N) is 3. The molecule has 4 nitrogen and oxygen atoms in total. The lowest BCUT2D eigenvalue weighted by atomic mass is 9.92. The lowest BCUT2D eigenvalue weighted by Gasteiger charge is -2.22. The molecule has 19 heavy (non-hydrogen) atoms. The van der Waals surface area contributed by atoms with E-state index in [0.29, 0.717) is 0 Å². The van der Waals surface area contributed by atoms with Gasteiger partial charge in [-0.1, -0.05) is 48.1 Å². The second-order valence-corrected chi connectivity index (χ2v) is 6.64. The molecule has 0 unspecified atom stereocenters. The molecule has 0 atom stereocenters. The molecule has 0 amide bonds. The van der Waals surface area contributed by atoms with Gasteiger partial charge in [-0.2, -0.15) is 0 Å². The third-order valence-electron chi connectivity index (χ3n) is 2.77. The van der Waals surface area contributed by atoms with Gasteiger partial charge in [0.1, 0.15) is 18.0 Å². The van der Waals surface area contributed by atoms with Crippen molar-refractivity contribution in [2.45, 2.75) is 47.0 Å². The molecule has 0 aromatic carbocycles. The second kappa shape index (κ2) is 5.11. The second-order valence-electron chi connectivity index (χ2n) is 6.64. The maximum absolute atomic E-state index is 7.25. The van der Waals surface area contributed by atoms with Gasteiger partial charge in [-0.15, -0.1) is 0 Å². The predicted octanol–water partition coefficient (Wildman–Crippen LogP) is 3.72. The van der Waals surface area contributed by atoms with Crippen molar-refractivity contribution in [2.24, 2.45) is 10.4 Å². The van der Waals surface area contributed by atoms with E-state index in [1.807, 2.05) is 10.8 Å². The fourth-order valence-electron chi connectivity index (χ4n) is 1.75. The van der Waals surface area contributed by atoms with Gasteiger partial charge in [-0.3, -0.25) is 9.98 Å². The number of hydrogen-bond acceptors (Lipinski definition) is 2. The molecule has 0 aliphatic carbocycles. The number of imidazole rings is 1. The molecule has 0 radical (unpaired) electrons. The van der Waals surface area contributed by atoms with Crippen molar-refractivity contribution in [1.29, 1.82) is 5.41 Å². The standard InChI is InChI=1S/C15H24N4/c1-8-12-18-11(14(2,3)4)9-19(12)13(17-10-16)15(5,6)7/h8-10,16H,1H2,2-7H3/b16-10?,17-13-. The number of aliphatic imine (C=N–C) groups is 1. The van der Waals surface area contributed by atoms with E-state index in [0.717, 1.165) is 23.7 Å². The Kier molecular flexibility index (Phi) is 4.13. The van der Waals surface area contributed by atoms with Crippen molar-refractivity contribution in [3.63, 3.8) is 0 Å². The van der Waals surface area contributed by atoms with Crippen LogP contribution in [0, 0.1) is 10.8 Å². The van der Waals surface area contributed by atoms with E-state index in [9.17, 15) is 0 Å². The van der Waals surface area contributed by atoms with Gasteiger partial charge in [0.15, 0.2) is 0 Å². The van der Waals surface area contributed by atoms with E-state index in [1.54, 1.807) is 6.08 Å². The molecular formula is C15H24N4. The maximum Gasteiger partial charge on any atom is 0.137 e. The summed E-state index contributed by atoms with van der Waals surface area (Å²) in [5, 5.41) is 7.25. The third-order valence-corrected chi connectivity index (χ3v) is 2.77. The summed E-state index contributed by atoms with van der Waals surface area (Å²) < 4.78 is 1.93. The van der Waals surface area contributed by atoms with Crippen LogP contribution < -0.4 is 0 Å². The minimum absolute atomic E-state index is 0.0311. The molecule has 0 spiro atoms. The summed E-state index contributed by atoms with van der Waals surface area (Å²) in [7, 11) is 0. The fourth-order valence-corrected chi connectivity index (χ4v) is 1.75. The van der Waals surface area contributed by atoms with Crippen LogP contribution in [0.3, 0.4) is 0 Å². The first kappa shape index (κ1) is 15.3. The first-order valence-electron chi connectivity index (χ1n) is 6.41. The largest absolute Gasteiger partial charge is 0.289 e. The summed E-state index contributed by atoms with van der Waals surface area (Å²) in [4.78, 5) is 8.81. The Bertz CT molecular complexity index is 507. The topological polar surface area (TPSA) is 54.0 Å². The first-order valence-corrected chi connectivity index (χ1v) is 6.41. The summed E-state index contributed by atoms with van der Waals surface area (Å²) in [5.74, 6) is 1.56. The first-order chi connectivity index (χ1) is 8.61. The van der Waals surface area contributed by atoms with E-state index in [-0.39, 0.29) is 10.8 Å². The SMILES string of the molecule is C=Cc1nc(C(C)(C)C)cn1/C(=N\C=N)C(C)(C)C. The molecule has 104 valence electrons. The molecule has 0 saturated heterocycles. The molecule has 1 aromatic heterocycles. The van der Waals surface area contributed by atoms with E-state index < -0.39 is 0 Å². The van der Waals surface area contributed by atoms with Crippen molar-refractivity contribution >= 4 is 18.3 Å². The number of rotatable bonds is 2. The van der Waals surface area contributed by atoms with Gasteiger partial charge in [0, 0.05) is 17.0 Å². The van der Waals surface area contributed by atoms with Crippen LogP contribution in [0.25, 0.3) is 6.08 Å². The summed E-state index contributed by atoms with van der Waals surface area (Å²) in [5.41, 5.74) is 0.784. The molecule has 4 heteroatoms. The molecular weight excluding hydrogens is 236 g/mol. The predicted molar refractivity (Wildman–Crippen MR) is 82.1 cm³/mol. The molecule has 0 fully saturated rings. The Hall–Kier alpha value is -1.71. The van der Waals surface area contributed by atoms with Crippen LogP contribution in [0.2, 0.25) is 0 Å². The number of nitrogens with one attached hydrogen (secondary N) is 1. The van der Waals surface area contributed by atoms with Crippen molar-refractivity contribution in [3.05, 3.63) is 24.3 Å². The number of aromatic nitrogens is 2. The lowest BCUT2D eigenvalue weighted by Crippen LogP contribution is -2.28. The van der Waals surface area contributed by atoms with Crippen LogP contribution in [-0.4, -0.2) is 21.7 Å². The minimum Gasteiger partial charge on any atom is -0.289 e. The van der Waals surface area contributed by atoms with Gasteiger partial charge in [0.2, 0.25) is 0 Å². The van der Waals surface area contributed by atoms with Crippen LogP contribution in [-0.2, 0) is 5.41 Å². The molecule has 1 rings (SSSR count). The molecule has 0 aliphatic rings. The summed E-state index contributed by atoms with van der Waals surface area (Å²) in [6.07, 6.45) is 4.79. The lowest BCUT2D eigenvalue weighted by molar-refractivity contribution is 0.565. The van der Waals surface area contributed by atoms with E-state index in [4.69, 9.17) is 5.41 Å². The zero-order valence-corrected chi connectivity index (χ0v) is 12.8.